The predicted molar refractivity (Wildman–Crippen MR) is 105 cm³/mol. The number of piperidine rings is 1. The van der Waals surface area contributed by atoms with E-state index in [0.717, 1.165) is 45.2 Å². The van der Waals surface area contributed by atoms with Gasteiger partial charge in [0.05, 0.1) is 12.2 Å². The van der Waals surface area contributed by atoms with Crippen LogP contribution in [0.15, 0.2) is 36.5 Å². The minimum absolute atomic E-state index is 0.184. The summed E-state index contributed by atoms with van der Waals surface area (Å²) < 4.78 is 1.86. The highest BCUT2D eigenvalue weighted by molar-refractivity contribution is 5.91. The van der Waals surface area contributed by atoms with Crippen molar-refractivity contribution in [3.05, 3.63) is 47.8 Å². The van der Waals surface area contributed by atoms with Crippen molar-refractivity contribution in [3.63, 3.8) is 0 Å². The van der Waals surface area contributed by atoms with Crippen molar-refractivity contribution in [2.24, 2.45) is 5.41 Å². The zero-order valence-electron chi connectivity index (χ0n) is 16.3. The summed E-state index contributed by atoms with van der Waals surface area (Å²) in [5, 5.41) is 10.8. The molecule has 1 saturated carbocycles. The zero-order valence-corrected chi connectivity index (χ0v) is 16.3. The van der Waals surface area contributed by atoms with Gasteiger partial charge in [-0.3, -0.25) is 9.59 Å². The van der Waals surface area contributed by atoms with Crippen LogP contribution in [0.25, 0.3) is 0 Å². The first-order valence-corrected chi connectivity index (χ1v) is 10.1. The number of nitrogens with one attached hydrogen (secondary N) is 1. The molecule has 1 unspecified atom stereocenters. The van der Waals surface area contributed by atoms with Gasteiger partial charge >= 0.3 is 0 Å². The molecular weight excluding hydrogens is 354 g/mol. The van der Waals surface area contributed by atoms with E-state index in [-0.39, 0.29) is 23.3 Å². The van der Waals surface area contributed by atoms with E-state index >= 15 is 0 Å². The quantitative estimate of drug-likeness (QED) is 0.861. The van der Waals surface area contributed by atoms with Crippen molar-refractivity contribution < 1.29 is 9.59 Å². The molecule has 1 saturated heterocycles. The second-order valence-corrected chi connectivity index (χ2v) is 7.95. The Morgan fingerprint density at radius 2 is 1.93 bits per heavy atom. The van der Waals surface area contributed by atoms with Crippen LogP contribution in [0, 0.1) is 5.41 Å². The highest BCUT2D eigenvalue weighted by Crippen LogP contribution is 2.56. The van der Waals surface area contributed by atoms with Gasteiger partial charge in [-0.2, -0.15) is 0 Å². The number of nitrogens with zero attached hydrogens (tertiary/aromatic N) is 4. The van der Waals surface area contributed by atoms with Gasteiger partial charge in [-0.25, -0.2) is 4.68 Å². The molecule has 4 rings (SSSR count). The summed E-state index contributed by atoms with van der Waals surface area (Å²) in [6.07, 6.45) is 7.30. The summed E-state index contributed by atoms with van der Waals surface area (Å²) in [5.74, 6) is 0.0377. The Morgan fingerprint density at radius 3 is 2.57 bits per heavy atom. The molecule has 2 aromatic rings. The molecular formula is C21H27N5O2. The van der Waals surface area contributed by atoms with Crippen LogP contribution >= 0.6 is 0 Å². The standard InChI is InChI=1S/C21H27N5O2/c1-22-20(28)17-15-26(24-23-17)18-9-10-21(18)11-13-25(14-12-21)19(27)8-7-16-5-3-2-4-6-16/h2-6,15,18H,7-14H2,1H3,(H,22,28). The molecule has 1 aromatic carbocycles. The lowest BCUT2D eigenvalue weighted by atomic mass is 9.59. The molecule has 2 amide bonds. The third-order valence-corrected chi connectivity index (χ3v) is 6.49. The SMILES string of the molecule is CNC(=O)c1cn(C2CCC23CCN(C(=O)CCc2ccccc2)CC3)nn1. The third-order valence-electron chi connectivity index (χ3n) is 6.49. The van der Waals surface area contributed by atoms with Gasteiger partial charge in [0.25, 0.3) is 5.91 Å². The second kappa shape index (κ2) is 7.73. The van der Waals surface area contributed by atoms with Gasteiger partial charge in [0.15, 0.2) is 5.69 Å². The van der Waals surface area contributed by atoms with E-state index in [1.807, 2.05) is 27.8 Å². The lowest BCUT2D eigenvalue weighted by Gasteiger charge is -2.53. The minimum atomic E-state index is -0.210. The van der Waals surface area contributed by atoms with Crippen LogP contribution in [0.5, 0.6) is 0 Å². The summed E-state index contributed by atoms with van der Waals surface area (Å²) >= 11 is 0. The van der Waals surface area contributed by atoms with Crippen molar-refractivity contribution in [1.29, 1.82) is 0 Å². The Morgan fingerprint density at radius 1 is 1.18 bits per heavy atom. The monoisotopic (exact) mass is 381 g/mol. The number of hydrogen-bond donors (Lipinski definition) is 1. The number of carbonyl (C=O) groups is 2. The van der Waals surface area contributed by atoms with E-state index in [0.29, 0.717) is 12.1 Å². The summed E-state index contributed by atoms with van der Waals surface area (Å²) in [6.45, 7) is 1.61. The van der Waals surface area contributed by atoms with Crippen molar-refractivity contribution in [1.82, 2.24) is 25.2 Å². The molecule has 1 aliphatic carbocycles. The maximum atomic E-state index is 12.6. The summed E-state index contributed by atoms with van der Waals surface area (Å²) in [4.78, 5) is 26.4. The highest BCUT2D eigenvalue weighted by Gasteiger charge is 2.50. The van der Waals surface area contributed by atoms with Crippen LogP contribution in [0.4, 0.5) is 0 Å². The average molecular weight is 381 g/mol. The summed E-state index contributed by atoms with van der Waals surface area (Å²) in [7, 11) is 1.59. The molecule has 1 aliphatic heterocycles. The molecule has 7 heteroatoms. The van der Waals surface area contributed by atoms with E-state index < -0.39 is 0 Å². The van der Waals surface area contributed by atoms with E-state index in [4.69, 9.17) is 0 Å². The number of likely N-dealkylation sites (tertiary alicyclic amines) is 1. The van der Waals surface area contributed by atoms with Crippen molar-refractivity contribution in [2.75, 3.05) is 20.1 Å². The lowest BCUT2D eigenvalue weighted by molar-refractivity contribution is -0.136. The fraction of sp³-hybridized carbons (Fsp3) is 0.524. The smallest absolute Gasteiger partial charge is 0.273 e. The number of aryl methyl sites for hydroxylation is 1. The summed E-state index contributed by atoms with van der Waals surface area (Å²) in [5.41, 5.74) is 1.75. The van der Waals surface area contributed by atoms with E-state index in [1.54, 1.807) is 13.2 Å². The van der Waals surface area contributed by atoms with E-state index in [1.165, 1.54) is 5.56 Å². The molecule has 0 bridgehead atoms. The Kier molecular flexibility index (Phi) is 5.15. The Labute approximate surface area is 165 Å². The van der Waals surface area contributed by atoms with Crippen LogP contribution in [0.3, 0.4) is 0 Å². The molecule has 1 N–H and O–H groups in total. The van der Waals surface area contributed by atoms with Gasteiger partial charge in [0, 0.05) is 26.6 Å². The number of hydrogen-bond acceptors (Lipinski definition) is 4. The Hall–Kier alpha value is -2.70. The van der Waals surface area contributed by atoms with Gasteiger partial charge in [0.2, 0.25) is 5.91 Å². The van der Waals surface area contributed by atoms with E-state index in [2.05, 4.69) is 27.8 Å². The average Bonchev–Trinajstić information content (AvgIpc) is 3.20. The molecule has 2 aliphatic rings. The highest BCUT2D eigenvalue weighted by atomic mass is 16.2. The van der Waals surface area contributed by atoms with Gasteiger partial charge in [-0.15, -0.1) is 5.10 Å². The molecule has 7 nitrogen and oxygen atoms in total. The maximum Gasteiger partial charge on any atom is 0.273 e. The minimum Gasteiger partial charge on any atom is -0.354 e. The molecule has 148 valence electrons. The van der Waals surface area contributed by atoms with Crippen LogP contribution in [-0.2, 0) is 11.2 Å². The summed E-state index contributed by atoms with van der Waals surface area (Å²) in [6, 6.07) is 10.4. The molecule has 1 aromatic heterocycles. The Balaban J connectivity index is 1.32. The number of rotatable bonds is 5. The number of benzene rings is 1. The van der Waals surface area contributed by atoms with Crippen molar-refractivity contribution >= 4 is 11.8 Å². The van der Waals surface area contributed by atoms with Crippen LogP contribution in [-0.4, -0.2) is 51.8 Å². The molecule has 1 atom stereocenters. The first-order chi connectivity index (χ1) is 13.6. The fourth-order valence-corrected chi connectivity index (χ4v) is 4.59. The van der Waals surface area contributed by atoms with Crippen molar-refractivity contribution in [2.45, 2.75) is 44.6 Å². The van der Waals surface area contributed by atoms with Gasteiger partial charge in [0.1, 0.15) is 0 Å². The number of carbonyl (C=O) groups excluding carboxylic acids is 2. The predicted octanol–water partition coefficient (Wildman–Crippen LogP) is 2.21. The third kappa shape index (κ3) is 3.53. The second-order valence-electron chi connectivity index (χ2n) is 7.95. The van der Waals surface area contributed by atoms with Crippen molar-refractivity contribution in [3.8, 4) is 0 Å². The van der Waals surface area contributed by atoms with Crippen LogP contribution in [0.2, 0.25) is 0 Å². The molecule has 2 heterocycles. The molecule has 1 spiro atoms. The lowest BCUT2D eigenvalue weighted by Crippen LogP contribution is -2.51. The molecule has 28 heavy (non-hydrogen) atoms. The molecule has 0 radical (unpaired) electrons. The zero-order chi connectivity index (χ0) is 19.6. The first-order valence-electron chi connectivity index (χ1n) is 10.1. The van der Waals surface area contributed by atoms with Gasteiger partial charge in [-0.1, -0.05) is 35.5 Å². The van der Waals surface area contributed by atoms with Gasteiger partial charge in [-0.05, 0) is 43.1 Å². The largest absolute Gasteiger partial charge is 0.354 e. The van der Waals surface area contributed by atoms with Gasteiger partial charge < -0.3 is 10.2 Å². The maximum absolute atomic E-state index is 12.6. The Bertz CT molecular complexity index is 839. The normalized spacial score (nSPS) is 20.6. The number of aromatic nitrogens is 3. The van der Waals surface area contributed by atoms with E-state index in [9.17, 15) is 9.59 Å². The first kappa shape index (κ1) is 18.7. The topological polar surface area (TPSA) is 80.1 Å². The van der Waals surface area contributed by atoms with Crippen LogP contribution < -0.4 is 5.32 Å². The molecule has 2 fully saturated rings. The fourth-order valence-electron chi connectivity index (χ4n) is 4.59. The number of amides is 2. The van der Waals surface area contributed by atoms with Crippen LogP contribution in [0.1, 0.15) is 54.2 Å².